The van der Waals surface area contributed by atoms with Gasteiger partial charge < -0.3 is 19.5 Å². The Labute approximate surface area is 175 Å². The second-order valence-corrected chi connectivity index (χ2v) is 6.19. The van der Waals surface area contributed by atoms with Gasteiger partial charge in [0, 0.05) is 11.8 Å². The summed E-state index contributed by atoms with van der Waals surface area (Å²) in [5.41, 5.74) is -8.98. The molecule has 1 heterocycles. The van der Waals surface area contributed by atoms with Crippen molar-refractivity contribution in [1.29, 1.82) is 0 Å². The monoisotopic (exact) mass is 469 g/mol. The zero-order valence-electron chi connectivity index (χ0n) is 16.2. The van der Waals surface area contributed by atoms with Crippen molar-refractivity contribution in [2.24, 2.45) is 0 Å². The lowest BCUT2D eigenvalue weighted by Gasteiger charge is -2.33. The van der Waals surface area contributed by atoms with Crippen molar-refractivity contribution in [2.45, 2.75) is 18.0 Å². The summed E-state index contributed by atoms with van der Waals surface area (Å²) in [5, 5.41) is 9.45. The summed E-state index contributed by atoms with van der Waals surface area (Å²) >= 11 is 0. The molecule has 2 rings (SSSR count). The molecule has 174 valence electrons. The van der Waals surface area contributed by atoms with Crippen molar-refractivity contribution in [3.63, 3.8) is 0 Å². The molecule has 1 aromatic carbocycles. The Bertz CT molecular complexity index is 994. The number of allylic oxidation sites excluding steroid dienone is 2. The van der Waals surface area contributed by atoms with Gasteiger partial charge in [0.05, 0.1) is 25.5 Å². The van der Waals surface area contributed by atoms with Crippen molar-refractivity contribution in [1.82, 2.24) is 0 Å². The minimum absolute atomic E-state index is 0.171. The highest BCUT2D eigenvalue weighted by Gasteiger charge is 2.71. The van der Waals surface area contributed by atoms with Gasteiger partial charge in [-0.3, -0.25) is 0 Å². The number of benzene rings is 1. The number of alkyl halides is 6. The quantitative estimate of drug-likeness (QED) is 0.537. The molecule has 1 aliphatic heterocycles. The average Bonchev–Trinajstić information content (AvgIpc) is 2.93. The molecule has 0 amide bonds. The van der Waals surface area contributed by atoms with Gasteiger partial charge in [-0.05, 0) is 24.3 Å². The molecular weight excluding hydrogens is 455 g/mol. The molecule has 0 bridgehead atoms. The van der Waals surface area contributed by atoms with Crippen LogP contribution in [-0.2, 0) is 24.7 Å². The number of carbonyl (C=O) groups is 2. The molecule has 1 aliphatic rings. The van der Waals surface area contributed by atoms with Gasteiger partial charge in [0.15, 0.2) is 0 Å². The molecule has 0 fully saturated rings. The van der Waals surface area contributed by atoms with Gasteiger partial charge in [0.1, 0.15) is 11.5 Å². The van der Waals surface area contributed by atoms with Crippen LogP contribution in [0.3, 0.4) is 0 Å². The number of methoxy groups -OCH3 is 2. The molecule has 0 aliphatic carbocycles. The summed E-state index contributed by atoms with van der Waals surface area (Å²) in [5.74, 6) is -3.92. The van der Waals surface area contributed by atoms with Crippen LogP contribution >= 0.6 is 0 Å². The minimum atomic E-state index is -6.22. The fraction of sp³-hybridized carbons (Fsp3) is 0.263. The van der Waals surface area contributed by atoms with Crippen molar-refractivity contribution in [2.75, 3.05) is 19.1 Å². The summed E-state index contributed by atoms with van der Waals surface area (Å²) in [7, 11) is 1.90. The van der Waals surface area contributed by atoms with Crippen LogP contribution in [0.2, 0.25) is 0 Å². The van der Waals surface area contributed by atoms with Gasteiger partial charge in [-0.1, -0.05) is 12.1 Å². The maximum absolute atomic E-state index is 14.8. The number of rotatable bonds is 4. The number of ether oxygens (including phenoxy) is 2. The number of aliphatic hydroxyl groups is 1. The first-order chi connectivity index (χ1) is 14.7. The van der Waals surface area contributed by atoms with Crippen LogP contribution in [-0.4, -0.2) is 43.6 Å². The Morgan fingerprint density at radius 2 is 1.50 bits per heavy atom. The van der Waals surface area contributed by atoms with E-state index in [1.54, 1.807) is 0 Å². The van der Waals surface area contributed by atoms with Crippen LogP contribution in [0, 0.1) is 5.82 Å². The van der Waals surface area contributed by atoms with E-state index in [1.165, 1.54) is 12.2 Å². The Kier molecular flexibility index (Phi) is 6.73. The van der Waals surface area contributed by atoms with Crippen molar-refractivity contribution in [3.8, 4) is 0 Å². The molecular formula is C19H14F7NO5. The average molecular weight is 469 g/mol. The van der Waals surface area contributed by atoms with Gasteiger partial charge in [-0.15, -0.1) is 0 Å². The second kappa shape index (κ2) is 8.65. The number of hydrogen-bond acceptors (Lipinski definition) is 6. The predicted octanol–water partition coefficient (Wildman–Crippen LogP) is 3.63. The van der Waals surface area contributed by atoms with Crippen molar-refractivity contribution >= 4 is 17.6 Å². The predicted molar refractivity (Wildman–Crippen MR) is 94.2 cm³/mol. The van der Waals surface area contributed by atoms with E-state index in [1.807, 2.05) is 0 Å². The molecule has 0 saturated heterocycles. The highest BCUT2D eigenvalue weighted by molar-refractivity contribution is 6.05. The molecule has 0 spiro atoms. The Morgan fingerprint density at radius 3 is 1.97 bits per heavy atom. The number of hydrogen-bond donors (Lipinski definition) is 1. The van der Waals surface area contributed by atoms with Gasteiger partial charge in [0.25, 0.3) is 5.60 Å². The maximum atomic E-state index is 14.8. The lowest BCUT2D eigenvalue weighted by molar-refractivity contribution is -0.376. The number of esters is 2. The van der Waals surface area contributed by atoms with E-state index in [9.17, 15) is 45.4 Å². The van der Waals surface area contributed by atoms with Crippen LogP contribution in [0.5, 0.6) is 0 Å². The molecule has 0 unspecified atom stereocenters. The smallest absolute Gasteiger partial charge is 0.430 e. The third-order valence-corrected chi connectivity index (χ3v) is 4.33. The third kappa shape index (κ3) is 4.20. The fourth-order valence-corrected chi connectivity index (χ4v) is 2.77. The Morgan fingerprint density at radius 1 is 0.938 bits per heavy atom. The minimum Gasteiger partial charge on any atom is -0.465 e. The van der Waals surface area contributed by atoms with Gasteiger partial charge in [-0.2, -0.15) is 26.3 Å². The lowest BCUT2D eigenvalue weighted by atomic mass is 9.92. The zero-order valence-corrected chi connectivity index (χ0v) is 16.2. The van der Waals surface area contributed by atoms with Crippen molar-refractivity contribution in [3.05, 3.63) is 65.3 Å². The van der Waals surface area contributed by atoms with E-state index in [-0.39, 0.29) is 12.1 Å². The summed E-state index contributed by atoms with van der Waals surface area (Å²) in [6, 6.07) is 0.494. The first-order valence-electron chi connectivity index (χ1n) is 8.41. The molecule has 1 aromatic rings. The van der Waals surface area contributed by atoms with Crippen LogP contribution < -0.4 is 4.90 Å². The number of nitrogens with zero attached hydrogens (tertiary/aromatic N) is 1. The van der Waals surface area contributed by atoms with E-state index in [0.717, 1.165) is 26.5 Å². The standard InChI is InChI=1S/C19H14F7NO5/c1-31-15(28)11-5-3-4-8-27(14(11)16(29)32-2)13-7-6-10(9-12(13)20)17(30,18(21,22)23)19(24,25)26/h3-9,30H,1-2H3. The molecule has 0 aromatic heterocycles. The number of halogens is 7. The normalized spacial score (nSPS) is 15.0. The van der Waals surface area contributed by atoms with Crippen LogP contribution in [0.25, 0.3) is 0 Å². The third-order valence-electron chi connectivity index (χ3n) is 4.33. The SMILES string of the molecule is COC(=O)C1=C(C(=O)OC)N(c2ccc(C(O)(C(F)(F)F)C(F)(F)F)cc2F)C=CC=C1. The molecule has 32 heavy (non-hydrogen) atoms. The summed E-state index contributed by atoms with van der Waals surface area (Å²) in [4.78, 5) is 25.0. The van der Waals surface area contributed by atoms with Gasteiger partial charge in [-0.25, -0.2) is 14.0 Å². The summed E-state index contributed by atoms with van der Waals surface area (Å²) < 4.78 is 102. The lowest BCUT2D eigenvalue weighted by Crippen LogP contribution is -2.54. The topological polar surface area (TPSA) is 76.1 Å². The number of anilines is 1. The van der Waals surface area contributed by atoms with E-state index in [4.69, 9.17) is 0 Å². The first-order valence-corrected chi connectivity index (χ1v) is 8.41. The van der Waals surface area contributed by atoms with E-state index >= 15 is 0 Å². The number of carbonyl (C=O) groups excluding carboxylic acids is 2. The maximum Gasteiger partial charge on any atom is 0.430 e. The summed E-state index contributed by atoms with van der Waals surface area (Å²) in [6.45, 7) is 0. The zero-order chi connectivity index (χ0) is 24.5. The second-order valence-electron chi connectivity index (χ2n) is 6.19. The Balaban J connectivity index is 2.73. The fourth-order valence-electron chi connectivity index (χ4n) is 2.77. The molecule has 13 heteroatoms. The first kappa shape index (κ1) is 24.9. The Hall–Kier alpha value is -3.35. The van der Waals surface area contributed by atoms with Crippen LogP contribution in [0.1, 0.15) is 5.56 Å². The molecule has 0 saturated carbocycles. The highest BCUT2D eigenvalue weighted by atomic mass is 19.4. The van der Waals surface area contributed by atoms with E-state index < -0.39 is 58.2 Å². The van der Waals surface area contributed by atoms with Crippen LogP contribution in [0.4, 0.5) is 36.4 Å². The molecule has 6 nitrogen and oxygen atoms in total. The molecule has 0 radical (unpaired) electrons. The van der Waals surface area contributed by atoms with E-state index in [0.29, 0.717) is 11.0 Å². The molecule has 1 N–H and O–H groups in total. The van der Waals surface area contributed by atoms with E-state index in [2.05, 4.69) is 9.47 Å². The van der Waals surface area contributed by atoms with Crippen LogP contribution in [0.15, 0.2) is 53.9 Å². The summed E-state index contributed by atoms with van der Waals surface area (Å²) in [6.07, 6.45) is -7.88. The van der Waals surface area contributed by atoms with Gasteiger partial charge >= 0.3 is 24.3 Å². The largest absolute Gasteiger partial charge is 0.465 e. The molecule has 0 atom stereocenters. The van der Waals surface area contributed by atoms with Crippen molar-refractivity contribution < 1.29 is 54.9 Å². The highest BCUT2D eigenvalue weighted by Crippen LogP contribution is 2.50. The van der Waals surface area contributed by atoms with Gasteiger partial charge in [0.2, 0.25) is 0 Å².